The largest absolute Gasteiger partial charge is 0.326 e. The Morgan fingerprint density at radius 3 is 2.83 bits per heavy atom. The Hall–Kier alpha value is -1.28. The molecule has 0 aromatic carbocycles. The fourth-order valence-corrected chi connectivity index (χ4v) is 1.10. The Labute approximate surface area is 73.4 Å². The van der Waals surface area contributed by atoms with Crippen LogP contribution in [0.2, 0.25) is 0 Å². The van der Waals surface area contributed by atoms with E-state index < -0.39 is 0 Å². The van der Waals surface area contributed by atoms with E-state index in [2.05, 4.69) is 6.58 Å². The minimum absolute atomic E-state index is 0.567. The van der Waals surface area contributed by atoms with Crippen LogP contribution in [0.5, 0.6) is 0 Å². The third-order valence-corrected chi connectivity index (χ3v) is 1.80. The molecule has 0 saturated carbocycles. The number of hydrogen-bond acceptors (Lipinski definition) is 2. The van der Waals surface area contributed by atoms with E-state index in [1.165, 1.54) is 0 Å². The molecule has 64 valence electrons. The molecule has 2 heteroatoms. The topological polar surface area (TPSA) is 29.3 Å². The highest BCUT2D eigenvalue weighted by Crippen LogP contribution is 2.15. The van der Waals surface area contributed by atoms with Crippen molar-refractivity contribution in [2.24, 2.45) is 5.73 Å². The molecule has 1 aliphatic heterocycles. The van der Waals surface area contributed by atoms with Crippen molar-refractivity contribution in [3.63, 3.8) is 0 Å². The molecule has 0 saturated heterocycles. The highest BCUT2D eigenvalue weighted by Gasteiger charge is 2.04. The van der Waals surface area contributed by atoms with Gasteiger partial charge in [-0.25, -0.2) is 0 Å². The van der Waals surface area contributed by atoms with Crippen molar-refractivity contribution in [3.8, 4) is 0 Å². The third kappa shape index (κ3) is 1.66. The van der Waals surface area contributed by atoms with Crippen molar-refractivity contribution in [2.75, 3.05) is 6.54 Å². The smallest absolute Gasteiger partial charge is 0.0406 e. The number of nitrogens with two attached hydrogens (primary N) is 1. The van der Waals surface area contributed by atoms with Crippen LogP contribution in [0.4, 0.5) is 0 Å². The predicted octanol–water partition coefficient (Wildman–Crippen LogP) is 1.75. The van der Waals surface area contributed by atoms with Crippen LogP contribution in [0.25, 0.3) is 0 Å². The van der Waals surface area contributed by atoms with Crippen LogP contribution in [0.1, 0.15) is 6.92 Å². The third-order valence-electron chi connectivity index (χ3n) is 1.80. The van der Waals surface area contributed by atoms with E-state index in [0.29, 0.717) is 6.54 Å². The van der Waals surface area contributed by atoms with Gasteiger partial charge >= 0.3 is 0 Å². The van der Waals surface area contributed by atoms with Crippen LogP contribution in [0.15, 0.2) is 48.5 Å². The van der Waals surface area contributed by atoms with Gasteiger partial charge in [0.1, 0.15) is 0 Å². The van der Waals surface area contributed by atoms with Crippen molar-refractivity contribution in [3.05, 3.63) is 48.5 Å². The zero-order valence-electron chi connectivity index (χ0n) is 7.33. The van der Waals surface area contributed by atoms with Crippen molar-refractivity contribution in [2.45, 2.75) is 6.92 Å². The van der Waals surface area contributed by atoms with Gasteiger partial charge in [0.25, 0.3) is 0 Å². The van der Waals surface area contributed by atoms with E-state index in [1.54, 1.807) is 6.20 Å². The first-order valence-electron chi connectivity index (χ1n) is 3.98. The lowest BCUT2D eigenvalue weighted by Gasteiger charge is -2.21. The highest BCUT2D eigenvalue weighted by molar-refractivity contribution is 5.35. The maximum Gasteiger partial charge on any atom is 0.0406 e. The minimum Gasteiger partial charge on any atom is -0.326 e. The molecule has 0 aromatic rings. The summed E-state index contributed by atoms with van der Waals surface area (Å²) in [5.41, 5.74) is 7.75. The SMILES string of the molecule is C=CN1C=C(CN)C=C/C1=C/C. The fourth-order valence-electron chi connectivity index (χ4n) is 1.10. The van der Waals surface area contributed by atoms with Gasteiger partial charge in [-0.2, -0.15) is 0 Å². The van der Waals surface area contributed by atoms with Crippen LogP contribution in [-0.4, -0.2) is 11.4 Å². The van der Waals surface area contributed by atoms with Crippen LogP contribution in [0, 0.1) is 0 Å². The maximum atomic E-state index is 5.51. The van der Waals surface area contributed by atoms with Gasteiger partial charge < -0.3 is 10.6 Å². The van der Waals surface area contributed by atoms with Crippen LogP contribution < -0.4 is 5.73 Å². The highest BCUT2D eigenvalue weighted by atomic mass is 15.1. The zero-order chi connectivity index (χ0) is 8.97. The molecule has 0 radical (unpaired) electrons. The molecule has 2 N–H and O–H groups in total. The van der Waals surface area contributed by atoms with E-state index in [4.69, 9.17) is 5.73 Å². The quantitative estimate of drug-likeness (QED) is 0.670. The molecule has 0 aliphatic carbocycles. The molecular weight excluding hydrogens is 148 g/mol. The average molecular weight is 162 g/mol. The lowest BCUT2D eigenvalue weighted by atomic mass is 10.1. The Morgan fingerprint density at radius 1 is 1.58 bits per heavy atom. The van der Waals surface area contributed by atoms with Crippen molar-refractivity contribution in [1.82, 2.24) is 4.90 Å². The first kappa shape index (κ1) is 8.81. The minimum atomic E-state index is 0.567. The van der Waals surface area contributed by atoms with Crippen LogP contribution in [-0.2, 0) is 0 Å². The molecule has 2 nitrogen and oxygen atoms in total. The summed E-state index contributed by atoms with van der Waals surface area (Å²) < 4.78 is 0. The zero-order valence-corrected chi connectivity index (χ0v) is 7.33. The normalized spacial score (nSPS) is 19.7. The van der Waals surface area contributed by atoms with Gasteiger partial charge in [-0.1, -0.05) is 18.7 Å². The van der Waals surface area contributed by atoms with Gasteiger partial charge in [0.05, 0.1) is 0 Å². The average Bonchev–Trinajstić information content (AvgIpc) is 2.16. The molecule has 1 aliphatic rings. The number of hydrogen-bond donors (Lipinski definition) is 1. The van der Waals surface area contributed by atoms with E-state index in [0.717, 1.165) is 11.3 Å². The molecule has 0 amide bonds. The van der Waals surface area contributed by atoms with E-state index >= 15 is 0 Å². The van der Waals surface area contributed by atoms with Crippen LogP contribution in [0.3, 0.4) is 0 Å². The fraction of sp³-hybridized carbons (Fsp3) is 0.200. The Balaban J connectivity index is 2.89. The summed E-state index contributed by atoms with van der Waals surface area (Å²) >= 11 is 0. The summed E-state index contributed by atoms with van der Waals surface area (Å²) in [4.78, 5) is 1.96. The summed E-state index contributed by atoms with van der Waals surface area (Å²) in [6, 6.07) is 0. The number of rotatable bonds is 2. The number of nitrogens with zero attached hydrogens (tertiary/aromatic N) is 1. The second-order valence-electron chi connectivity index (χ2n) is 2.54. The maximum absolute atomic E-state index is 5.51. The molecule has 0 spiro atoms. The summed E-state index contributed by atoms with van der Waals surface area (Å²) in [5.74, 6) is 0. The van der Waals surface area contributed by atoms with Crippen molar-refractivity contribution < 1.29 is 0 Å². The Bertz CT molecular complexity index is 259. The lowest BCUT2D eigenvalue weighted by Crippen LogP contribution is -2.14. The first-order chi connectivity index (χ1) is 5.81. The van der Waals surface area contributed by atoms with Crippen molar-refractivity contribution >= 4 is 0 Å². The van der Waals surface area contributed by atoms with Crippen molar-refractivity contribution in [1.29, 1.82) is 0 Å². The van der Waals surface area contributed by atoms with Gasteiger partial charge in [0, 0.05) is 24.6 Å². The monoisotopic (exact) mass is 162 g/mol. The Kier molecular flexibility index (Phi) is 2.88. The van der Waals surface area contributed by atoms with Gasteiger partial charge in [0.2, 0.25) is 0 Å². The molecule has 0 aromatic heterocycles. The summed E-state index contributed by atoms with van der Waals surface area (Å²) in [6.45, 7) is 6.28. The second-order valence-corrected chi connectivity index (χ2v) is 2.54. The molecule has 0 unspecified atom stereocenters. The Morgan fingerprint density at radius 2 is 2.33 bits per heavy atom. The second kappa shape index (κ2) is 3.93. The predicted molar refractivity (Wildman–Crippen MR) is 52.1 cm³/mol. The van der Waals surface area contributed by atoms with E-state index in [9.17, 15) is 0 Å². The van der Waals surface area contributed by atoms with Gasteiger partial charge in [-0.15, -0.1) is 0 Å². The molecular formula is C10H14N2. The summed E-state index contributed by atoms with van der Waals surface area (Å²) in [5, 5.41) is 0. The van der Waals surface area contributed by atoms with Gasteiger partial charge in [-0.3, -0.25) is 0 Å². The van der Waals surface area contributed by atoms with Crippen LogP contribution >= 0.6 is 0 Å². The van der Waals surface area contributed by atoms with Gasteiger partial charge in [0.15, 0.2) is 0 Å². The summed E-state index contributed by atoms with van der Waals surface area (Å²) in [6.07, 6.45) is 9.85. The lowest BCUT2D eigenvalue weighted by molar-refractivity contribution is 0.637. The molecule has 1 rings (SSSR count). The molecule has 0 bridgehead atoms. The molecule has 0 fully saturated rings. The molecule has 12 heavy (non-hydrogen) atoms. The number of allylic oxidation sites excluding steroid dienone is 2. The molecule has 0 atom stereocenters. The first-order valence-corrected chi connectivity index (χ1v) is 3.98. The summed E-state index contributed by atoms with van der Waals surface area (Å²) in [7, 11) is 0. The van der Waals surface area contributed by atoms with Gasteiger partial charge in [-0.05, 0) is 18.6 Å². The standard InChI is InChI=1S/C10H14N2/c1-3-10-6-5-9(7-11)8-12(10)4-2/h3-6,8H,2,7,11H2,1H3/b10-3-. The molecule has 1 heterocycles. The van der Waals surface area contributed by atoms with E-state index in [1.807, 2.05) is 36.3 Å². The van der Waals surface area contributed by atoms with E-state index in [-0.39, 0.29) is 0 Å².